The maximum absolute atomic E-state index is 14.0. The number of ether oxygens (including phenoxy) is 1. The van der Waals surface area contributed by atoms with Crippen LogP contribution in [0.25, 0.3) is 11.3 Å². The van der Waals surface area contributed by atoms with Gasteiger partial charge in [0, 0.05) is 31.3 Å². The maximum atomic E-state index is 14.0. The number of likely N-dealkylation sites (tertiary alicyclic amines) is 1. The molecule has 1 amide bonds. The molecule has 0 radical (unpaired) electrons. The fourth-order valence-electron chi connectivity index (χ4n) is 2.46. The van der Waals surface area contributed by atoms with Gasteiger partial charge in [-0.25, -0.2) is 4.39 Å². The average Bonchev–Trinajstić information content (AvgIpc) is 3.15. The molecule has 0 bridgehead atoms. The van der Waals surface area contributed by atoms with Crippen molar-refractivity contribution < 1.29 is 18.4 Å². The Balaban J connectivity index is 1.83. The maximum Gasteiger partial charge on any atom is 0.276 e. The van der Waals surface area contributed by atoms with Crippen LogP contribution in [0.3, 0.4) is 0 Å². The van der Waals surface area contributed by atoms with Crippen LogP contribution in [0.15, 0.2) is 28.8 Å². The minimum absolute atomic E-state index is 0.00523. The second-order valence-corrected chi connectivity index (χ2v) is 5.22. The summed E-state index contributed by atoms with van der Waals surface area (Å²) in [4.78, 5) is 13.9. The predicted octanol–water partition coefficient (Wildman–Crippen LogP) is 1.66. The van der Waals surface area contributed by atoms with Gasteiger partial charge in [-0.3, -0.25) is 4.79 Å². The zero-order chi connectivity index (χ0) is 15.7. The summed E-state index contributed by atoms with van der Waals surface area (Å²) in [6.45, 7) is 1.09. The molecule has 2 N–H and O–H groups in total. The summed E-state index contributed by atoms with van der Waals surface area (Å²) in [5.74, 6) is -0.148. The lowest BCUT2D eigenvalue weighted by Crippen LogP contribution is -2.32. The van der Waals surface area contributed by atoms with Gasteiger partial charge in [0.15, 0.2) is 11.5 Å². The smallest absolute Gasteiger partial charge is 0.276 e. The second kappa shape index (κ2) is 5.76. The lowest BCUT2D eigenvalue weighted by atomic mass is 10.1. The average molecular weight is 305 g/mol. The molecule has 2 heterocycles. The molecule has 3 rings (SSSR count). The normalized spacial score (nSPS) is 17.8. The number of hydrogen-bond donors (Lipinski definition) is 1. The SMILES string of the molecule is COc1ccc(-c2cc(C(=O)N3CCC(N)C3)no2)c(F)c1. The van der Waals surface area contributed by atoms with Gasteiger partial charge in [-0.2, -0.15) is 0 Å². The van der Waals surface area contributed by atoms with Crippen molar-refractivity contribution in [3.63, 3.8) is 0 Å². The van der Waals surface area contributed by atoms with E-state index >= 15 is 0 Å². The van der Waals surface area contributed by atoms with E-state index < -0.39 is 5.82 Å². The van der Waals surface area contributed by atoms with Crippen LogP contribution in [0.5, 0.6) is 5.75 Å². The molecule has 1 saturated heterocycles. The molecular formula is C15H16FN3O3. The van der Waals surface area contributed by atoms with Crippen LogP contribution >= 0.6 is 0 Å². The molecule has 116 valence electrons. The lowest BCUT2D eigenvalue weighted by Gasteiger charge is -2.13. The van der Waals surface area contributed by atoms with Gasteiger partial charge in [0.1, 0.15) is 11.6 Å². The molecular weight excluding hydrogens is 289 g/mol. The number of amides is 1. The number of nitrogens with two attached hydrogens (primary N) is 1. The number of aromatic nitrogens is 1. The molecule has 22 heavy (non-hydrogen) atoms. The topological polar surface area (TPSA) is 81.6 Å². The monoisotopic (exact) mass is 305 g/mol. The zero-order valence-corrected chi connectivity index (χ0v) is 12.1. The Morgan fingerprint density at radius 1 is 1.50 bits per heavy atom. The van der Waals surface area contributed by atoms with Crippen molar-refractivity contribution in [1.82, 2.24) is 10.1 Å². The molecule has 7 heteroatoms. The fourth-order valence-corrected chi connectivity index (χ4v) is 2.46. The third-order valence-corrected chi connectivity index (χ3v) is 3.68. The first-order valence-electron chi connectivity index (χ1n) is 6.94. The van der Waals surface area contributed by atoms with Crippen molar-refractivity contribution in [1.29, 1.82) is 0 Å². The highest BCUT2D eigenvalue weighted by Crippen LogP contribution is 2.27. The molecule has 0 aliphatic carbocycles. The minimum atomic E-state index is -0.502. The largest absolute Gasteiger partial charge is 0.497 e. The van der Waals surface area contributed by atoms with Crippen molar-refractivity contribution in [2.45, 2.75) is 12.5 Å². The van der Waals surface area contributed by atoms with E-state index in [0.29, 0.717) is 18.8 Å². The van der Waals surface area contributed by atoms with Gasteiger partial charge in [-0.05, 0) is 18.6 Å². The number of benzene rings is 1. The number of nitrogens with zero attached hydrogens (tertiary/aromatic N) is 2. The van der Waals surface area contributed by atoms with Gasteiger partial charge in [0.2, 0.25) is 0 Å². The van der Waals surface area contributed by atoms with Crippen LogP contribution in [0.1, 0.15) is 16.9 Å². The van der Waals surface area contributed by atoms with Crippen molar-refractivity contribution in [3.05, 3.63) is 35.8 Å². The molecule has 1 aromatic heterocycles. The number of carbonyl (C=O) groups is 1. The number of hydrogen-bond acceptors (Lipinski definition) is 5. The Morgan fingerprint density at radius 2 is 2.32 bits per heavy atom. The standard InChI is InChI=1S/C15H16FN3O3/c1-21-10-2-3-11(12(16)6-10)14-7-13(18-22-14)15(20)19-5-4-9(17)8-19/h2-3,6-7,9H,4-5,8,17H2,1H3. The van der Waals surface area contributed by atoms with Gasteiger partial charge in [-0.15, -0.1) is 0 Å². The van der Waals surface area contributed by atoms with Crippen molar-refractivity contribution in [3.8, 4) is 17.1 Å². The number of rotatable bonds is 3. The van der Waals surface area contributed by atoms with Crippen molar-refractivity contribution in [2.24, 2.45) is 5.73 Å². The Morgan fingerprint density at radius 3 is 2.95 bits per heavy atom. The van der Waals surface area contributed by atoms with Crippen LogP contribution in [0.4, 0.5) is 4.39 Å². The molecule has 6 nitrogen and oxygen atoms in total. The highest BCUT2D eigenvalue weighted by Gasteiger charge is 2.27. The van der Waals surface area contributed by atoms with E-state index in [1.807, 2.05) is 0 Å². The third-order valence-electron chi connectivity index (χ3n) is 3.68. The first-order valence-corrected chi connectivity index (χ1v) is 6.94. The Hall–Kier alpha value is -2.41. The predicted molar refractivity (Wildman–Crippen MR) is 76.9 cm³/mol. The molecule has 0 saturated carbocycles. The summed E-state index contributed by atoms with van der Waals surface area (Å²) in [5, 5.41) is 3.74. The fraction of sp³-hybridized carbons (Fsp3) is 0.333. The molecule has 1 fully saturated rings. The summed E-state index contributed by atoms with van der Waals surface area (Å²) in [7, 11) is 1.46. The third kappa shape index (κ3) is 2.67. The van der Waals surface area contributed by atoms with Crippen LogP contribution < -0.4 is 10.5 Å². The van der Waals surface area contributed by atoms with Gasteiger partial charge >= 0.3 is 0 Å². The van der Waals surface area contributed by atoms with Gasteiger partial charge < -0.3 is 19.9 Å². The molecule has 1 aromatic carbocycles. The molecule has 1 unspecified atom stereocenters. The van der Waals surface area contributed by atoms with E-state index in [1.54, 1.807) is 11.0 Å². The number of carbonyl (C=O) groups excluding carboxylic acids is 1. The number of halogens is 1. The van der Waals surface area contributed by atoms with Crippen molar-refractivity contribution >= 4 is 5.91 Å². The highest BCUT2D eigenvalue weighted by molar-refractivity contribution is 5.93. The summed E-state index contributed by atoms with van der Waals surface area (Å²) in [5.41, 5.74) is 6.16. The molecule has 1 atom stereocenters. The summed E-state index contributed by atoms with van der Waals surface area (Å²) < 4.78 is 24.1. The van der Waals surface area contributed by atoms with Crippen LogP contribution in [0.2, 0.25) is 0 Å². The Labute approximate surface area is 126 Å². The van der Waals surface area contributed by atoms with E-state index in [2.05, 4.69) is 5.16 Å². The summed E-state index contributed by atoms with van der Waals surface area (Å²) >= 11 is 0. The quantitative estimate of drug-likeness (QED) is 0.932. The first-order chi connectivity index (χ1) is 10.6. The first kappa shape index (κ1) is 14.5. The molecule has 1 aliphatic rings. The molecule has 0 spiro atoms. The van der Waals surface area contributed by atoms with Crippen molar-refractivity contribution in [2.75, 3.05) is 20.2 Å². The van der Waals surface area contributed by atoms with E-state index in [4.69, 9.17) is 15.0 Å². The van der Waals surface area contributed by atoms with Crippen LogP contribution in [-0.4, -0.2) is 42.2 Å². The van der Waals surface area contributed by atoms with E-state index in [0.717, 1.165) is 6.42 Å². The Kier molecular flexibility index (Phi) is 3.81. The van der Waals surface area contributed by atoms with E-state index in [9.17, 15) is 9.18 Å². The van der Waals surface area contributed by atoms with E-state index in [1.165, 1.54) is 25.3 Å². The molecule has 1 aliphatic heterocycles. The Bertz CT molecular complexity index is 701. The number of methoxy groups -OCH3 is 1. The lowest BCUT2D eigenvalue weighted by molar-refractivity contribution is 0.0780. The van der Waals surface area contributed by atoms with Gasteiger partial charge in [-0.1, -0.05) is 5.16 Å². The van der Waals surface area contributed by atoms with Crippen LogP contribution in [0, 0.1) is 5.82 Å². The highest BCUT2D eigenvalue weighted by atomic mass is 19.1. The van der Waals surface area contributed by atoms with E-state index in [-0.39, 0.29) is 29.0 Å². The summed E-state index contributed by atoms with van der Waals surface area (Å²) in [6, 6.07) is 5.82. The second-order valence-electron chi connectivity index (χ2n) is 5.22. The van der Waals surface area contributed by atoms with Gasteiger partial charge in [0.05, 0.1) is 12.7 Å². The van der Waals surface area contributed by atoms with Crippen LogP contribution in [-0.2, 0) is 0 Å². The summed E-state index contributed by atoms with van der Waals surface area (Å²) in [6.07, 6.45) is 0.767. The van der Waals surface area contributed by atoms with Gasteiger partial charge in [0.25, 0.3) is 5.91 Å². The zero-order valence-electron chi connectivity index (χ0n) is 12.1. The minimum Gasteiger partial charge on any atom is -0.497 e. The molecule has 2 aromatic rings.